The van der Waals surface area contributed by atoms with Gasteiger partial charge in [0.25, 0.3) is 0 Å². The average molecular weight is 348 g/mol. The van der Waals surface area contributed by atoms with Crippen LogP contribution in [0.5, 0.6) is 0 Å². The minimum absolute atomic E-state index is 0.0819. The van der Waals surface area contributed by atoms with E-state index < -0.39 is 0 Å². The Balaban J connectivity index is 1.42. The van der Waals surface area contributed by atoms with Gasteiger partial charge in [-0.05, 0) is 61.4 Å². The van der Waals surface area contributed by atoms with Crippen LogP contribution in [0.1, 0.15) is 54.3 Å². The summed E-state index contributed by atoms with van der Waals surface area (Å²) in [5.74, 6) is 0.550. The van der Waals surface area contributed by atoms with Crippen molar-refractivity contribution in [2.45, 2.75) is 44.1 Å². The van der Waals surface area contributed by atoms with Crippen molar-refractivity contribution in [2.24, 2.45) is 0 Å². The Kier molecular flexibility index (Phi) is 5.35. The first-order chi connectivity index (χ1) is 12.8. The molecule has 1 amide bonds. The van der Waals surface area contributed by atoms with Gasteiger partial charge in [-0.25, -0.2) is 0 Å². The molecule has 1 aliphatic heterocycles. The third-order valence-electron chi connectivity index (χ3n) is 5.87. The Labute approximate surface area is 156 Å². The smallest absolute Gasteiger partial charge is 0.221 e. The highest BCUT2D eigenvalue weighted by Crippen LogP contribution is 2.35. The Morgan fingerprint density at radius 2 is 1.77 bits per heavy atom. The second kappa shape index (κ2) is 8.05. The van der Waals surface area contributed by atoms with E-state index in [-0.39, 0.29) is 11.9 Å². The predicted molar refractivity (Wildman–Crippen MR) is 105 cm³/mol. The van der Waals surface area contributed by atoms with Crippen LogP contribution < -0.4 is 5.32 Å². The number of likely N-dealkylation sites (tertiary alicyclic amines) is 1. The van der Waals surface area contributed by atoms with Crippen LogP contribution in [-0.2, 0) is 11.2 Å². The van der Waals surface area contributed by atoms with E-state index >= 15 is 0 Å². The van der Waals surface area contributed by atoms with Crippen molar-refractivity contribution < 1.29 is 4.79 Å². The number of carbonyl (C=O) groups excluding carboxylic acids is 1. The lowest BCUT2D eigenvalue weighted by atomic mass is 9.97. The fourth-order valence-corrected chi connectivity index (χ4v) is 4.48. The van der Waals surface area contributed by atoms with Gasteiger partial charge in [-0.1, -0.05) is 54.6 Å². The van der Waals surface area contributed by atoms with E-state index in [9.17, 15) is 4.79 Å². The van der Waals surface area contributed by atoms with Crippen LogP contribution in [0, 0.1) is 0 Å². The van der Waals surface area contributed by atoms with E-state index in [0.717, 1.165) is 32.5 Å². The van der Waals surface area contributed by atoms with Crippen LogP contribution in [0.25, 0.3) is 0 Å². The van der Waals surface area contributed by atoms with E-state index in [1.165, 1.54) is 29.5 Å². The summed E-state index contributed by atoms with van der Waals surface area (Å²) in [7, 11) is 0. The zero-order valence-electron chi connectivity index (χ0n) is 15.4. The Morgan fingerprint density at radius 3 is 2.58 bits per heavy atom. The summed E-state index contributed by atoms with van der Waals surface area (Å²) < 4.78 is 0. The summed E-state index contributed by atoms with van der Waals surface area (Å²) >= 11 is 0. The highest BCUT2D eigenvalue weighted by atomic mass is 16.1. The number of benzene rings is 2. The standard InChI is InChI=1S/C23H28N2O/c26-23(16-20-13-12-18-8-4-5-11-21(18)20)24-22(17-25-14-6-7-15-25)19-9-2-1-3-10-19/h1-5,8-11,20,22H,6-7,12-17H2,(H,24,26). The molecule has 4 rings (SSSR count). The molecule has 0 spiro atoms. The first-order valence-electron chi connectivity index (χ1n) is 9.94. The van der Waals surface area contributed by atoms with Crippen LogP contribution in [-0.4, -0.2) is 30.4 Å². The van der Waals surface area contributed by atoms with Crippen molar-refractivity contribution in [1.82, 2.24) is 10.2 Å². The van der Waals surface area contributed by atoms with Gasteiger partial charge >= 0.3 is 0 Å². The number of carbonyl (C=O) groups is 1. The van der Waals surface area contributed by atoms with Crippen LogP contribution in [0.3, 0.4) is 0 Å². The number of hydrogen-bond donors (Lipinski definition) is 1. The van der Waals surface area contributed by atoms with Crippen molar-refractivity contribution in [3.05, 3.63) is 71.3 Å². The topological polar surface area (TPSA) is 32.3 Å². The molecule has 0 aromatic heterocycles. The lowest BCUT2D eigenvalue weighted by Gasteiger charge is -2.25. The molecule has 136 valence electrons. The molecule has 1 N–H and O–H groups in total. The minimum atomic E-state index is 0.0819. The van der Waals surface area contributed by atoms with Gasteiger partial charge < -0.3 is 10.2 Å². The quantitative estimate of drug-likeness (QED) is 0.854. The molecule has 26 heavy (non-hydrogen) atoms. The third-order valence-corrected chi connectivity index (χ3v) is 5.87. The van der Waals surface area contributed by atoms with Crippen LogP contribution >= 0.6 is 0 Å². The molecular weight excluding hydrogens is 320 g/mol. The van der Waals surface area contributed by atoms with Crippen LogP contribution in [0.15, 0.2) is 54.6 Å². The molecule has 2 aliphatic rings. The number of rotatable bonds is 6. The number of fused-ring (bicyclic) bond motifs is 1. The van der Waals surface area contributed by atoms with Gasteiger partial charge in [-0.15, -0.1) is 0 Å². The van der Waals surface area contributed by atoms with Gasteiger partial charge in [0.15, 0.2) is 0 Å². The zero-order chi connectivity index (χ0) is 17.8. The normalized spacial score (nSPS) is 20.7. The molecule has 0 saturated carbocycles. The lowest BCUT2D eigenvalue weighted by molar-refractivity contribution is -0.122. The summed E-state index contributed by atoms with van der Waals surface area (Å²) in [5, 5.41) is 3.34. The van der Waals surface area contributed by atoms with Crippen molar-refractivity contribution in [3.63, 3.8) is 0 Å². The molecule has 3 nitrogen and oxygen atoms in total. The first kappa shape index (κ1) is 17.3. The molecule has 2 unspecified atom stereocenters. The minimum Gasteiger partial charge on any atom is -0.348 e. The molecule has 3 heteroatoms. The van der Waals surface area contributed by atoms with Crippen molar-refractivity contribution in [3.8, 4) is 0 Å². The highest BCUT2D eigenvalue weighted by molar-refractivity contribution is 5.77. The van der Waals surface area contributed by atoms with Gasteiger partial charge in [-0.3, -0.25) is 4.79 Å². The second-order valence-corrected chi connectivity index (χ2v) is 7.68. The predicted octanol–water partition coefficient (Wildman–Crippen LogP) is 4.06. The summed E-state index contributed by atoms with van der Waals surface area (Å²) in [6.07, 6.45) is 5.34. The van der Waals surface area contributed by atoms with E-state index in [2.05, 4.69) is 58.7 Å². The second-order valence-electron chi connectivity index (χ2n) is 7.68. The number of nitrogens with one attached hydrogen (secondary N) is 1. The van der Waals surface area contributed by atoms with Gasteiger partial charge in [-0.2, -0.15) is 0 Å². The van der Waals surface area contributed by atoms with Crippen molar-refractivity contribution in [2.75, 3.05) is 19.6 Å². The zero-order valence-corrected chi connectivity index (χ0v) is 15.4. The summed E-state index contributed by atoms with van der Waals surface area (Å²) in [4.78, 5) is 15.3. The first-order valence-corrected chi connectivity index (χ1v) is 9.94. The Hall–Kier alpha value is -2.13. The molecule has 2 atom stereocenters. The maximum Gasteiger partial charge on any atom is 0.221 e. The summed E-state index contributed by atoms with van der Waals surface area (Å²) in [5.41, 5.74) is 4.00. The Morgan fingerprint density at radius 1 is 1.04 bits per heavy atom. The fraction of sp³-hybridized carbons (Fsp3) is 0.435. The summed E-state index contributed by atoms with van der Waals surface area (Å²) in [6.45, 7) is 3.21. The maximum absolute atomic E-state index is 12.8. The van der Waals surface area contributed by atoms with Crippen molar-refractivity contribution >= 4 is 5.91 Å². The molecule has 1 aliphatic carbocycles. The number of nitrogens with zero attached hydrogens (tertiary/aromatic N) is 1. The molecule has 1 heterocycles. The van der Waals surface area contributed by atoms with Crippen LogP contribution in [0.4, 0.5) is 0 Å². The fourth-order valence-electron chi connectivity index (χ4n) is 4.48. The van der Waals surface area contributed by atoms with Crippen molar-refractivity contribution in [1.29, 1.82) is 0 Å². The number of hydrogen-bond acceptors (Lipinski definition) is 2. The van der Waals surface area contributed by atoms with E-state index in [4.69, 9.17) is 0 Å². The van der Waals surface area contributed by atoms with E-state index in [1.54, 1.807) is 0 Å². The molecule has 2 aromatic rings. The van der Waals surface area contributed by atoms with Crippen LogP contribution in [0.2, 0.25) is 0 Å². The maximum atomic E-state index is 12.8. The largest absolute Gasteiger partial charge is 0.348 e. The molecule has 1 fully saturated rings. The van der Waals surface area contributed by atoms with Gasteiger partial charge in [0.2, 0.25) is 5.91 Å². The highest BCUT2D eigenvalue weighted by Gasteiger charge is 2.26. The molecule has 2 aromatic carbocycles. The number of amides is 1. The molecule has 0 radical (unpaired) electrons. The van der Waals surface area contributed by atoms with Gasteiger partial charge in [0, 0.05) is 13.0 Å². The molecule has 0 bridgehead atoms. The van der Waals surface area contributed by atoms with E-state index in [1.807, 2.05) is 6.07 Å². The van der Waals surface area contributed by atoms with Gasteiger partial charge in [0.1, 0.15) is 0 Å². The number of aryl methyl sites for hydroxylation is 1. The summed E-state index contributed by atoms with van der Waals surface area (Å²) in [6, 6.07) is 19.1. The molecular formula is C23H28N2O. The van der Waals surface area contributed by atoms with E-state index in [0.29, 0.717) is 12.3 Å². The monoisotopic (exact) mass is 348 g/mol. The third kappa shape index (κ3) is 3.99. The lowest BCUT2D eigenvalue weighted by Crippen LogP contribution is -2.37. The average Bonchev–Trinajstić information content (AvgIpc) is 3.32. The Bertz CT molecular complexity index is 737. The SMILES string of the molecule is O=C(CC1CCc2ccccc21)NC(CN1CCCC1)c1ccccc1. The molecule has 1 saturated heterocycles. The van der Waals surface area contributed by atoms with Gasteiger partial charge in [0.05, 0.1) is 6.04 Å².